The lowest BCUT2D eigenvalue weighted by molar-refractivity contribution is -0.137. The molecule has 0 saturated heterocycles. The van der Waals surface area contributed by atoms with Crippen LogP contribution in [-0.4, -0.2) is 27.3 Å². The third-order valence-electron chi connectivity index (χ3n) is 3.45. The zero-order chi connectivity index (χ0) is 15.0. The van der Waals surface area contributed by atoms with Gasteiger partial charge < -0.3 is 11.1 Å². The number of nitrogens with zero attached hydrogens (tertiary/aromatic N) is 2. The number of carbonyl (C=O) groups excluding carboxylic acids is 1. The third kappa shape index (κ3) is 3.50. The minimum absolute atomic E-state index is 0.190. The SMILES string of the molecule is CC(CCn1cc(C(F)(F)F)cn1)(NC1CC1)C(N)=O. The Morgan fingerprint density at radius 1 is 1.55 bits per heavy atom. The number of rotatable bonds is 6. The van der Waals surface area contributed by atoms with E-state index < -0.39 is 23.2 Å². The van der Waals surface area contributed by atoms with Gasteiger partial charge in [-0.1, -0.05) is 0 Å². The minimum Gasteiger partial charge on any atom is -0.368 e. The van der Waals surface area contributed by atoms with Crippen molar-refractivity contribution in [2.45, 2.75) is 50.5 Å². The molecule has 1 heterocycles. The van der Waals surface area contributed by atoms with E-state index in [0.717, 1.165) is 25.2 Å². The van der Waals surface area contributed by atoms with Crippen LogP contribution in [0.2, 0.25) is 0 Å². The van der Waals surface area contributed by atoms with E-state index in [1.54, 1.807) is 6.92 Å². The molecule has 112 valence electrons. The second-order valence-electron chi connectivity index (χ2n) is 5.35. The molecule has 1 saturated carbocycles. The fourth-order valence-corrected chi connectivity index (χ4v) is 1.92. The molecule has 0 radical (unpaired) electrons. The van der Waals surface area contributed by atoms with Crippen molar-refractivity contribution in [3.05, 3.63) is 18.0 Å². The van der Waals surface area contributed by atoms with Crippen LogP contribution in [0.3, 0.4) is 0 Å². The third-order valence-corrected chi connectivity index (χ3v) is 3.45. The number of alkyl halides is 3. The second kappa shape index (κ2) is 5.08. The summed E-state index contributed by atoms with van der Waals surface area (Å²) in [6, 6.07) is 0.274. The van der Waals surface area contributed by atoms with Gasteiger partial charge in [0.05, 0.1) is 17.3 Å². The average molecular weight is 290 g/mol. The summed E-state index contributed by atoms with van der Waals surface area (Å²) in [5.74, 6) is -0.507. The van der Waals surface area contributed by atoms with E-state index in [1.165, 1.54) is 4.68 Å². The van der Waals surface area contributed by atoms with E-state index in [4.69, 9.17) is 5.73 Å². The summed E-state index contributed by atoms with van der Waals surface area (Å²) in [4.78, 5) is 11.5. The predicted molar refractivity (Wildman–Crippen MR) is 65.6 cm³/mol. The number of nitrogens with one attached hydrogen (secondary N) is 1. The molecule has 8 heteroatoms. The van der Waals surface area contributed by atoms with E-state index in [-0.39, 0.29) is 19.0 Å². The van der Waals surface area contributed by atoms with Crippen molar-refractivity contribution >= 4 is 5.91 Å². The molecule has 3 N–H and O–H groups in total. The van der Waals surface area contributed by atoms with Gasteiger partial charge in [0, 0.05) is 18.8 Å². The van der Waals surface area contributed by atoms with Crippen molar-refractivity contribution in [3.63, 3.8) is 0 Å². The molecule has 0 spiro atoms. The molecule has 1 amide bonds. The van der Waals surface area contributed by atoms with Gasteiger partial charge in [-0.2, -0.15) is 18.3 Å². The maximum atomic E-state index is 12.4. The van der Waals surface area contributed by atoms with Gasteiger partial charge in [0.25, 0.3) is 0 Å². The summed E-state index contributed by atoms with van der Waals surface area (Å²) in [5, 5.41) is 6.79. The monoisotopic (exact) mass is 290 g/mol. The van der Waals surface area contributed by atoms with Gasteiger partial charge in [-0.25, -0.2) is 0 Å². The molecular formula is C12H17F3N4O. The fourth-order valence-electron chi connectivity index (χ4n) is 1.92. The largest absolute Gasteiger partial charge is 0.419 e. The zero-order valence-electron chi connectivity index (χ0n) is 11.1. The summed E-state index contributed by atoms with van der Waals surface area (Å²) in [6.07, 6.45) is -0.435. The van der Waals surface area contributed by atoms with Crippen LogP contribution in [0.1, 0.15) is 31.7 Å². The highest BCUT2D eigenvalue weighted by Gasteiger charge is 2.37. The first-order chi connectivity index (χ1) is 9.21. The lowest BCUT2D eigenvalue weighted by Crippen LogP contribution is -2.54. The Morgan fingerprint density at radius 3 is 2.65 bits per heavy atom. The summed E-state index contributed by atoms with van der Waals surface area (Å²) >= 11 is 0. The Hall–Kier alpha value is -1.57. The maximum absolute atomic E-state index is 12.4. The van der Waals surface area contributed by atoms with E-state index in [2.05, 4.69) is 10.4 Å². The first-order valence-corrected chi connectivity index (χ1v) is 6.38. The highest BCUT2D eigenvalue weighted by molar-refractivity contribution is 5.84. The van der Waals surface area contributed by atoms with Gasteiger partial charge >= 0.3 is 6.18 Å². The summed E-state index contributed by atoms with van der Waals surface area (Å²) in [5.41, 5.74) is 3.65. The number of nitrogens with two attached hydrogens (primary N) is 1. The predicted octanol–water partition coefficient (Wildman–Crippen LogP) is 1.29. The number of hydrogen-bond acceptors (Lipinski definition) is 3. The number of aryl methyl sites for hydroxylation is 1. The molecule has 20 heavy (non-hydrogen) atoms. The van der Waals surface area contributed by atoms with Crippen molar-refractivity contribution in [3.8, 4) is 0 Å². The van der Waals surface area contributed by atoms with E-state index in [0.29, 0.717) is 0 Å². The Balaban J connectivity index is 1.98. The van der Waals surface area contributed by atoms with Gasteiger partial charge in [0.2, 0.25) is 5.91 Å². The lowest BCUT2D eigenvalue weighted by atomic mass is 9.96. The van der Waals surface area contributed by atoms with Crippen molar-refractivity contribution in [1.82, 2.24) is 15.1 Å². The number of primary amides is 1. The lowest BCUT2D eigenvalue weighted by Gasteiger charge is -2.27. The van der Waals surface area contributed by atoms with Crippen LogP contribution in [-0.2, 0) is 17.5 Å². The Labute approximate surface area is 114 Å². The van der Waals surface area contributed by atoms with E-state index in [1.807, 2.05) is 0 Å². The highest BCUT2D eigenvalue weighted by atomic mass is 19.4. The molecule has 2 rings (SSSR count). The molecule has 0 aliphatic heterocycles. The van der Waals surface area contributed by atoms with E-state index in [9.17, 15) is 18.0 Å². The first-order valence-electron chi connectivity index (χ1n) is 6.38. The smallest absolute Gasteiger partial charge is 0.368 e. The number of hydrogen-bond donors (Lipinski definition) is 2. The highest BCUT2D eigenvalue weighted by Crippen LogP contribution is 2.29. The van der Waals surface area contributed by atoms with Gasteiger partial charge in [0.1, 0.15) is 0 Å². The minimum atomic E-state index is -4.41. The van der Waals surface area contributed by atoms with Gasteiger partial charge in [-0.3, -0.25) is 9.48 Å². The summed E-state index contributed by atoms with van der Waals surface area (Å²) in [7, 11) is 0. The van der Waals surface area contributed by atoms with Crippen LogP contribution in [0, 0.1) is 0 Å². The molecule has 1 aliphatic rings. The Kier molecular flexibility index (Phi) is 3.77. The van der Waals surface area contributed by atoms with Crippen LogP contribution in [0.15, 0.2) is 12.4 Å². The van der Waals surface area contributed by atoms with Gasteiger partial charge in [-0.15, -0.1) is 0 Å². The van der Waals surface area contributed by atoms with Crippen LogP contribution >= 0.6 is 0 Å². The van der Waals surface area contributed by atoms with Crippen molar-refractivity contribution in [2.75, 3.05) is 0 Å². The molecule has 1 aliphatic carbocycles. The number of amides is 1. The Bertz CT molecular complexity index is 495. The number of aromatic nitrogens is 2. The van der Waals surface area contributed by atoms with Crippen LogP contribution < -0.4 is 11.1 Å². The molecule has 1 aromatic rings. The van der Waals surface area contributed by atoms with Gasteiger partial charge in [-0.05, 0) is 26.2 Å². The Morgan fingerprint density at radius 2 is 2.20 bits per heavy atom. The van der Waals surface area contributed by atoms with E-state index >= 15 is 0 Å². The fraction of sp³-hybridized carbons (Fsp3) is 0.667. The first kappa shape index (κ1) is 14.8. The molecule has 5 nitrogen and oxygen atoms in total. The van der Waals surface area contributed by atoms with Gasteiger partial charge in [0.15, 0.2) is 0 Å². The topological polar surface area (TPSA) is 72.9 Å². The molecular weight excluding hydrogens is 273 g/mol. The van der Waals surface area contributed by atoms with Crippen molar-refractivity contribution < 1.29 is 18.0 Å². The zero-order valence-corrected chi connectivity index (χ0v) is 11.1. The molecule has 0 bridgehead atoms. The van der Waals surface area contributed by atoms with Crippen molar-refractivity contribution in [2.24, 2.45) is 5.73 Å². The van der Waals surface area contributed by atoms with Crippen molar-refractivity contribution in [1.29, 1.82) is 0 Å². The van der Waals surface area contributed by atoms with Crippen LogP contribution in [0.25, 0.3) is 0 Å². The standard InChI is InChI=1S/C12H17F3N4O/c1-11(10(16)20,18-9-2-3-9)4-5-19-7-8(6-17-19)12(13,14)15/h6-7,9,18H,2-5H2,1H3,(H2,16,20). The molecule has 1 fully saturated rings. The normalized spacial score (nSPS) is 18.8. The quantitative estimate of drug-likeness (QED) is 0.829. The average Bonchev–Trinajstić information content (AvgIpc) is 2.99. The number of carbonyl (C=O) groups is 1. The summed E-state index contributed by atoms with van der Waals surface area (Å²) < 4.78 is 38.5. The number of halogens is 3. The maximum Gasteiger partial charge on any atom is 0.419 e. The van der Waals surface area contributed by atoms with Crippen LogP contribution in [0.5, 0.6) is 0 Å². The second-order valence-corrected chi connectivity index (χ2v) is 5.35. The molecule has 1 atom stereocenters. The van der Waals surface area contributed by atoms with Crippen LogP contribution in [0.4, 0.5) is 13.2 Å². The summed E-state index contributed by atoms with van der Waals surface area (Å²) in [6.45, 7) is 1.86. The molecule has 1 unspecified atom stereocenters. The molecule has 0 aromatic carbocycles. The molecule has 1 aromatic heterocycles.